The Morgan fingerprint density at radius 3 is 2.09 bits per heavy atom. The van der Waals surface area contributed by atoms with Crippen LogP contribution in [-0.2, 0) is 0 Å². The van der Waals surface area contributed by atoms with E-state index in [1.54, 1.807) is 18.3 Å². The van der Waals surface area contributed by atoms with E-state index in [0.717, 1.165) is 33.3 Å². The summed E-state index contributed by atoms with van der Waals surface area (Å²) in [6.45, 7) is 0. The molecule has 4 aromatic rings. The molecule has 0 amide bonds. The lowest BCUT2D eigenvalue weighted by Gasteiger charge is -2.05. The third kappa shape index (κ3) is 2.69. The molecule has 0 aliphatic heterocycles. The van der Waals surface area contributed by atoms with Crippen molar-refractivity contribution in [2.75, 3.05) is 0 Å². The fraction of sp³-hybridized carbons (Fsp3) is 0. The number of pyridine rings is 2. The first-order chi connectivity index (χ1) is 11.3. The topological polar surface area (TPSA) is 25.8 Å². The van der Waals surface area contributed by atoms with Crippen molar-refractivity contribution in [3.8, 4) is 22.4 Å². The third-order valence-corrected chi connectivity index (χ3v) is 3.85. The van der Waals surface area contributed by atoms with Crippen LogP contribution in [0.25, 0.3) is 33.3 Å². The Bertz CT molecular complexity index is 961. The third-order valence-electron chi connectivity index (χ3n) is 3.85. The molecule has 0 aliphatic carbocycles. The van der Waals surface area contributed by atoms with Gasteiger partial charge in [-0.3, -0.25) is 9.97 Å². The summed E-state index contributed by atoms with van der Waals surface area (Å²) in [6.07, 6.45) is 3.62. The van der Waals surface area contributed by atoms with Gasteiger partial charge in [0.05, 0.1) is 11.2 Å². The molecule has 2 aromatic carbocycles. The predicted molar refractivity (Wildman–Crippen MR) is 90.4 cm³/mol. The molecular formula is C20H13FN2. The highest BCUT2D eigenvalue weighted by molar-refractivity contribution is 5.81. The van der Waals surface area contributed by atoms with Crippen LogP contribution in [-0.4, -0.2) is 9.97 Å². The first-order valence-electron chi connectivity index (χ1n) is 7.37. The van der Waals surface area contributed by atoms with Crippen LogP contribution >= 0.6 is 0 Å². The maximum absolute atomic E-state index is 13.0. The van der Waals surface area contributed by atoms with E-state index >= 15 is 0 Å². The molecule has 0 fully saturated rings. The lowest BCUT2D eigenvalue weighted by molar-refractivity contribution is 0.628. The fourth-order valence-electron chi connectivity index (χ4n) is 2.60. The molecule has 0 saturated carbocycles. The van der Waals surface area contributed by atoms with Gasteiger partial charge in [0.1, 0.15) is 5.82 Å². The summed E-state index contributed by atoms with van der Waals surface area (Å²) < 4.78 is 13.0. The Balaban J connectivity index is 1.70. The molecule has 4 rings (SSSR count). The maximum Gasteiger partial charge on any atom is 0.123 e. The van der Waals surface area contributed by atoms with E-state index in [4.69, 9.17) is 0 Å². The lowest BCUT2D eigenvalue weighted by Crippen LogP contribution is -1.86. The molecule has 0 N–H and O–H groups in total. The molecule has 0 spiro atoms. The minimum absolute atomic E-state index is 0.224. The Labute approximate surface area is 133 Å². The van der Waals surface area contributed by atoms with Crippen molar-refractivity contribution in [1.29, 1.82) is 0 Å². The zero-order chi connectivity index (χ0) is 15.6. The second kappa shape index (κ2) is 5.61. The molecule has 0 saturated heterocycles. The highest BCUT2D eigenvalue weighted by Crippen LogP contribution is 2.25. The van der Waals surface area contributed by atoms with E-state index in [-0.39, 0.29) is 5.82 Å². The first-order valence-corrected chi connectivity index (χ1v) is 7.37. The SMILES string of the molecule is Fc1ccc(-c2ccc(-c3cc4ncccc4cn3)cc2)cc1. The number of fused-ring (bicyclic) bond motifs is 1. The van der Waals surface area contributed by atoms with Crippen molar-refractivity contribution in [3.05, 3.63) is 84.9 Å². The number of benzene rings is 2. The summed E-state index contributed by atoms with van der Waals surface area (Å²) in [5, 5.41) is 1.03. The molecule has 23 heavy (non-hydrogen) atoms. The largest absolute Gasteiger partial charge is 0.256 e. The van der Waals surface area contributed by atoms with Gasteiger partial charge >= 0.3 is 0 Å². The number of hydrogen-bond donors (Lipinski definition) is 0. The molecule has 0 atom stereocenters. The van der Waals surface area contributed by atoms with Gasteiger partial charge < -0.3 is 0 Å². The zero-order valence-electron chi connectivity index (χ0n) is 12.3. The van der Waals surface area contributed by atoms with Gasteiger partial charge in [-0.25, -0.2) is 4.39 Å². The molecule has 2 nitrogen and oxygen atoms in total. The monoisotopic (exact) mass is 300 g/mol. The number of aromatic nitrogens is 2. The van der Waals surface area contributed by atoms with Crippen LogP contribution < -0.4 is 0 Å². The van der Waals surface area contributed by atoms with Crippen molar-refractivity contribution >= 4 is 10.9 Å². The van der Waals surface area contributed by atoms with Crippen molar-refractivity contribution in [1.82, 2.24) is 9.97 Å². The molecule has 2 aromatic heterocycles. The smallest absolute Gasteiger partial charge is 0.123 e. The highest BCUT2D eigenvalue weighted by atomic mass is 19.1. The second-order valence-corrected chi connectivity index (χ2v) is 5.35. The standard InChI is InChI=1S/C20H13FN2/c21-18-9-7-15(8-10-18)14-3-5-16(6-4-14)19-12-20-17(13-23-19)2-1-11-22-20/h1-13H. The number of halogens is 1. The predicted octanol–water partition coefficient (Wildman–Crippen LogP) is 5.10. The lowest BCUT2D eigenvalue weighted by atomic mass is 10.0. The van der Waals surface area contributed by atoms with Gasteiger partial charge in [0.15, 0.2) is 0 Å². The summed E-state index contributed by atoms with van der Waals surface area (Å²) in [5.41, 5.74) is 4.89. The summed E-state index contributed by atoms with van der Waals surface area (Å²) in [4.78, 5) is 8.87. The molecule has 0 unspecified atom stereocenters. The van der Waals surface area contributed by atoms with Crippen LogP contribution in [0.4, 0.5) is 4.39 Å². The van der Waals surface area contributed by atoms with Crippen LogP contribution in [0.2, 0.25) is 0 Å². The minimum atomic E-state index is -0.224. The maximum atomic E-state index is 13.0. The van der Waals surface area contributed by atoms with E-state index in [1.165, 1.54) is 12.1 Å². The number of hydrogen-bond acceptors (Lipinski definition) is 2. The number of rotatable bonds is 2. The molecule has 0 radical (unpaired) electrons. The Kier molecular flexibility index (Phi) is 3.31. The highest BCUT2D eigenvalue weighted by Gasteiger charge is 2.03. The molecule has 0 aliphatic rings. The van der Waals surface area contributed by atoms with Gasteiger partial charge in [0.2, 0.25) is 0 Å². The zero-order valence-corrected chi connectivity index (χ0v) is 12.3. The Hall–Kier alpha value is -3.07. The summed E-state index contributed by atoms with van der Waals surface area (Å²) in [5.74, 6) is -0.224. The van der Waals surface area contributed by atoms with Crippen molar-refractivity contribution < 1.29 is 4.39 Å². The first kappa shape index (κ1) is 13.6. The van der Waals surface area contributed by atoms with Gasteiger partial charge in [0, 0.05) is 23.3 Å². The molecule has 110 valence electrons. The van der Waals surface area contributed by atoms with Gasteiger partial charge in [-0.2, -0.15) is 0 Å². The van der Waals surface area contributed by atoms with Crippen LogP contribution in [0.3, 0.4) is 0 Å². The number of nitrogens with zero attached hydrogens (tertiary/aromatic N) is 2. The van der Waals surface area contributed by atoms with Crippen molar-refractivity contribution in [2.45, 2.75) is 0 Å². The average Bonchev–Trinajstić information content (AvgIpc) is 2.62. The van der Waals surface area contributed by atoms with E-state index in [2.05, 4.69) is 9.97 Å². The summed E-state index contributed by atoms with van der Waals surface area (Å²) in [7, 11) is 0. The molecule has 2 heterocycles. The summed E-state index contributed by atoms with van der Waals surface area (Å²) >= 11 is 0. The quantitative estimate of drug-likeness (QED) is 0.514. The minimum Gasteiger partial charge on any atom is -0.256 e. The second-order valence-electron chi connectivity index (χ2n) is 5.35. The van der Waals surface area contributed by atoms with Crippen LogP contribution in [0.1, 0.15) is 0 Å². The van der Waals surface area contributed by atoms with Crippen LogP contribution in [0.5, 0.6) is 0 Å². The Morgan fingerprint density at radius 1 is 0.696 bits per heavy atom. The summed E-state index contributed by atoms with van der Waals surface area (Å²) in [6, 6.07) is 20.5. The molecular weight excluding hydrogens is 287 g/mol. The van der Waals surface area contributed by atoms with E-state index < -0.39 is 0 Å². The fourth-order valence-corrected chi connectivity index (χ4v) is 2.60. The van der Waals surface area contributed by atoms with E-state index in [1.807, 2.05) is 48.7 Å². The van der Waals surface area contributed by atoms with Gasteiger partial charge in [-0.15, -0.1) is 0 Å². The van der Waals surface area contributed by atoms with Gasteiger partial charge in [-0.05, 0) is 41.5 Å². The average molecular weight is 300 g/mol. The van der Waals surface area contributed by atoms with Gasteiger partial charge in [-0.1, -0.05) is 36.4 Å². The van der Waals surface area contributed by atoms with E-state index in [0.29, 0.717) is 0 Å². The van der Waals surface area contributed by atoms with Crippen molar-refractivity contribution in [3.63, 3.8) is 0 Å². The van der Waals surface area contributed by atoms with Gasteiger partial charge in [0.25, 0.3) is 0 Å². The molecule has 0 bridgehead atoms. The van der Waals surface area contributed by atoms with Crippen molar-refractivity contribution in [2.24, 2.45) is 0 Å². The Morgan fingerprint density at radius 2 is 1.35 bits per heavy atom. The molecule has 3 heteroatoms. The normalized spacial score (nSPS) is 10.8. The van der Waals surface area contributed by atoms with Crippen LogP contribution in [0.15, 0.2) is 79.1 Å². The van der Waals surface area contributed by atoms with Crippen LogP contribution in [0, 0.1) is 5.82 Å². The van der Waals surface area contributed by atoms with E-state index in [9.17, 15) is 4.39 Å².